The molecule has 3 nitrogen and oxygen atoms in total. The molecule has 1 fully saturated rings. The largest absolute Gasteiger partial charge is 0.103 e. The molecule has 0 N–H and O–H groups in total. The van der Waals surface area contributed by atoms with E-state index in [2.05, 4.69) is 28.8 Å². The Balaban J connectivity index is 2.39. The van der Waals surface area contributed by atoms with Crippen molar-refractivity contribution >= 4 is 0 Å². The highest BCUT2D eigenvalue weighted by atomic mass is 15.1. The number of hydrogen-bond acceptors (Lipinski definition) is 1. The van der Waals surface area contributed by atoms with E-state index in [9.17, 15) is 0 Å². The van der Waals surface area contributed by atoms with Gasteiger partial charge < -0.3 is 0 Å². The highest BCUT2D eigenvalue weighted by Crippen LogP contribution is 2.26. The Morgan fingerprint density at radius 2 is 2.12 bits per heavy atom. The zero-order valence-electron chi connectivity index (χ0n) is 10.2. The van der Waals surface area contributed by atoms with Crippen LogP contribution in [0.1, 0.15) is 58.3 Å². The minimum atomic E-state index is 0.123. The summed E-state index contributed by atoms with van der Waals surface area (Å²) in [7, 11) is 0. The van der Waals surface area contributed by atoms with Gasteiger partial charge in [-0.15, -0.1) is 5.92 Å². The van der Waals surface area contributed by atoms with E-state index in [4.69, 9.17) is 5.53 Å². The summed E-state index contributed by atoms with van der Waals surface area (Å²) in [6.45, 7) is 2.20. The molecule has 0 heterocycles. The third-order valence-electron chi connectivity index (χ3n) is 3.12. The van der Waals surface area contributed by atoms with Crippen LogP contribution < -0.4 is 0 Å². The van der Waals surface area contributed by atoms with E-state index in [0.717, 1.165) is 19.3 Å². The summed E-state index contributed by atoms with van der Waals surface area (Å²) in [5.41, 5.74) is 8.49. The molecule has 3 heteroatoms. The number of hydrogen-bond donors (Lipinski definition) is 0. The van der Waals surface area contributed by atoms with Gasteiger partial charge in [0.25, 0.3) is 0 Å². The first-order chi connectivity index (χ1) is 7.88. The van der Waals surface area contributed by atoms with Crippen LogP contribution in [0.2, 0.25) is 0 Å². The standard InChI is InChI=1S/C13H21N3/c1-2-3-4-5-6-9-12-10-7-8-11-13(12)15-16-14/h12-13H,2-5,7-8,10-11H2,1H3. The number of unbranched alkanes of at least 4 members (excludes halogenated alkanes) is 3. The lowest BCUT2D eigenvalue weighted by Gasteiger charge is -2.23. The molecule has 88 valence electrons. The minimum Gasteiger partial charge on any atom is -0.103 e. The smallest absolute Gasteiger partial charge is 0.0511 e. The fourth-order valence-electron chi connectivity index (χ4n) is 2.15. The van der Waals surface area contributed by atoms with Crippen molar-refractivity contribution in [3.8, 4) is 11.8 Å². The summed E-state index contributed by atoms with van der Waals surface area (Å²) in [5.74, 6) is 6.86. The second-order valence-corrected chi connectivity index (χ2v) is 4.44. The van der Waals surface area contributed by atoms with Gasteiger partial charge in [0.1, 0.15) is 0 Å². The van der Waals surface area contributed by atoms with Gasteiger partial charge in [0.05, 0.1) is 6.04 Å². The molecule has 1 aliphatic carbocycles. The molecular formula is C13H21N3. The topological polar surface area (TPSA) is 48.8 Å². The summed E-state index contributed by atoms with van der Waals surface area (Å²) in [6.07, 6.45) is 9.22. The van der Waals surface area contributed by atoms with Crippen molar-refractivity contribution < 1.29 is 0 Å². The summed E-state index contributed by atoms with van der Waals surface area (Å²) in [6, 6.07) is 0.123. The molecule has 0 aliphatic heterocycles. The maximum atomic E-state index is 8.49. The van der Waals surface area contributed by atoms with Crippen LogP contribution in [0.15, 0.2) is 5.11 Å². The fourth-order valence-corrected chi connectivity index (χ4v) is 2.15. The maximum absolute atomic E-state index is 8.49. The van der Waals surface area contributed by atoms with E-state index < -0.39 is 0 Å². The van der Waals surface area contributed by atoms with Crippen molar-refractivity contribution in [2.75, 3.05) is 0 Å². The third kappa shape index (κ3) is 4.59. The molecule has 0 aromatic carbocycles. The minimum absolute atomic E-state index is 0.123. The van der Waals surface area contributed by atoms with E-state index in [-0.39, 0.29) is 6.04 Å². The lowest BCUT2D eigenvalue weighted by Crippen LogP contribution is -2.21. The Morgan fingerprint density at radius 1 is 1.31 bits per heavy atom. The monoisotopic (exact) mass is 219 g/mol. The Bertz CT molecular complexity index is 294. The highest BCUT2D eigenvalue weighted by molar-refractivity contribution is 5.08. The number of nitrogens with zero attached hydrogens (tertiary/aromatic N) is 3. The van der Waals surface area contributed by atoms with E-state index in [1.807, 2.05) is 0 Å². The van der Waals surface area contributed by atoms with Crippen LogP contribution in [0.4, 0.5) is 0 Å². The molecule has 0 spiro atoms. The van der Waals surface area contributed by atoms with Crippen LogP contribution in [0.5, 0.6) is 0 Å². The summed E-state index contributed by atoms with van der Waals surface area (Å²) in [4.78, 5) is 2.92. The Morgan fingerprint density at radius 3 is 2.88 bits per heavy atom. The van der Waals surface area contributed by atoms with Crippen LogP contribution in [0.3, 0.4) is 0 Å². The first-order valence-corrected chi connectivity index (χ1v) is 6.41. The molecule has 1 rings (SSSR count). The van der Waals surface area contributed by atoms with Gasteiger partial charge in [0.2, 0.25) is 0 Å². The molecule has 0 bridgehead atoms. The van der Waals surface area contributed by atoms with Crippen molar-refractivity contribution in [2.45, 2.75) is 64.3 Å². The molecule has 2 atom stereocenters. The van der Waals surface area contributed by atoms with Gasteiger partial charge in [0.15, 0.2) is 0 Å². The molecule has 0 radical (unpaired) electrons. The van der Waals surface area contributed by atoms with Gasteiger partial charge in [0, 0.05) is 17.3 Å². The highest BCUT2D eigenvalue weighted by Gasteiger charge is 2.21. The van der Waals surface area contributed by atoms with E-state index in [0.29, 0.717) is 5.92 Å². The molecule has 1 aliphatic rings. The van der Waals surface area contributed by atoms with Crippen molar-refractivity contribution in [3.63, 3.8) is 0 Å². The van der Waals surface area contributed by atoms with Crippen LogP contribution in [0, 0.1) is 17.8 Å². The maximum Gasteiger partial charge on any atom is 0.0511 e. The van der Waals surface area contributed by atoms with E-state index in [1.54, 1.807) is 0 Å². The molecule has 0 aromatic heterocycles. The van der Waals surface area contributed by atoms with Crippen molar-refractivity contribution in [3.05, 3.63) is 10.4 Å². The third-order valence-corrected chi connectivity index (χ3v) is 3.12. The van der Waals surface area contributed by atoms with Gasteiger partial charge in [-0.2, -0.15) is 0 Å². The molecule has 1 saturated carbocycles. The molecular weight excluding hydrogens is 198 g/mol. The molecule has 0 amide bonds. The molecule has 0 aromatic rings. The van der Waals surface area contributed by atoms with Crippen molar-refractivity contribution in [1.82, 2.24) is 0 Å². The van der Waals surface area contributed by atoms with Gasteiger partial charge in [-0.3, -0.25) is 0 Å². The van der Waals surface area contributed by atoms with Crippen LogP contribution in [-0.4, -0.2) is 6.04 Å². The zero-order chi connectivity index (χ0) is 11.6. The van der Waals surface area contributed by atoms with Gasteiger partial charge in [-0.05, 0) is 24.8 Å². The predicted octanol–water partition coefficient (Wildman–Crippen LogP) is 4.44. The van der Waals surface area contributed by atoms with Crippen molar-refractivity contribution in [2.24, 2.45) is 11.0 Å². The number of rotatable bonds is 4. The predicted molar refractivity (Wildman–Crippen MR) is 66.8 cm³/mol. The molecule has 2 unspecified atom stereocenters. The number of azide groups is 1. The lowest BCUT2D eigenvalue weighted by molar-refractivity contribution is 0.371. The lowest BCUT2D eigenvalue weighted by atomic mass is 9.85. The Hall–Kier alpha value is -1.13. The average Bonchev–Trinajstić information content (AvgIpc) is 2.31. The van der Waals surface area contributed by atoms with E-state index in [1.165, 1.54) is 32.1 Å². The summed E-state index contributed by atoms with van der Waals surface area (Å²) < 4.78 is 0. The quantitative estimate of drug-likeness (QED) is 0.221. The van der Waals surface area contributed by atoms with Gasteiger partial charge in [-0.1, -0.05) is 43.6 Å². The van der Waals surface area contributed by atoms with Gasteiger partial charge in [-0.25, -0.2) is 0 Å². The fraction of sp³-hybridized carbons (Fsp3) is 0.846. The molecule has 16 heavy (non-hydrogen) atoms. The van der Waals surface area contributed by atoms with Gasteiger partial charge >= 0.3 is 0 Å². The summed E-state index contributed by atoms with van der Waals surface area (Å²) in [5, 5.41) is 3.86. The average molecular weight is 219 g/mol. The SMILES string of the molecule is CCCCCC#CC1CCCCC1N=[N+]=[N-]. The first-order valence-electron chi connectivity index (χ1n) is 6.41. The van der Waals surface area contributed by atoms with Crippen LogP contribution in [0.25, 0.3) is 10.4 Å². The Labute approximate surface area is 98.2 Å². The summed E-state index contributed by atoms with van der Waals surface area (Å²) >= 11 is 0. The second-order valence-electron chi connectivity index (χ2n) is 4.44. The van der Waals surface area contributed by atoms with Crippen molar-refractivity contribution in [1.29, 1.82) is 0 Å². The molecule has 0 saturated heterocycles. The van der Waals surface area contributed by atoms with E-state index >= 15 is 0 Å². The van der Waals surface area contributed by atoms with Crippen LogP contribution >= 0.6 is 0 Å². The first kappa shape index (κ1) is 12.9. The zero-order valence-corrected chi connectivity index (χ0v) is 10.2. The normalized spacial score (nSPS) is 24.1. The second kappa shape index (κ2) is 8.07. The Kier molecular flexibility index (Phi) is 6.53. The van der Waals surface area contributed by atoms with Crippen LogP contribution in [-0.2, 0) is 0 Å².